The number of hydrogen-bond donors (Lipinski definition) is 3. The molecule has 0 heterocycles. The van der Waals surface area contributed by atoms with Gasteiger partial charge in [-0.05, 0) is 77.0 Å². The van der Waals surface area contributed by atoms with Crippen LogP contribution >= 0.6 is 0 Å². The normalized spacial score (nSPS) is 14.0. The van der Waals surface area contributed by atoms with Crippen molar-refractivity contribution >= 4 is 11.9 Å². The third-order valence-corrected chi connectivity index (χ3v) is 11.7. The van der Waals surface area contributed by atoms with E-state index in [4.69, 9.17) is 4.74 Å². The highest BCUT2D eigenvalue weighted by molar-refractivity contribution is 5.77. The number of aliphatic hydroxyl groups is 2. The third kappa shape index (κ3) is 47.1. The number of amides is 1. The zero-order valence-electron chi connectivity index (χ0n) is 42.3. The smallest absolute Gasteiger partial charge is 0.306 e. The van der Waals surface area contributed by atoms with E-state index in [0.717, 1.165) is 103 Å². The first-order chi connectivity index (χ1) is 32.0. The topological polar surface area (TPSA) is 95.9 Å². The van der Waals surface area contributed by atoms with Crippen molar-refractivity contribution in [3.63, 3.8) is 0 Å². The van der Waals surface area contributed by atoms with Crippen LogP contribution in [0.15, 0.2) is 97.2 Å². The Morgan fingerprint density at radius 1 is 0.477 bits per heavy atom. The van der Waals surface area contributed by atoms with Crippen molar-refractivity contribution in [1.29, 1.82) is 0 Å². The summed E-state index contributed by atoms with van der Waals surface area (Å²) < 4.78 is 5.87. The van der Waals surface area contributed by atoms with E-state index < -0.39 is 18.2 Å². The largest absolute Gasteiger partial charge is 0.461 e. The molecular formula is C59H101NO5. The summed E-state index contributed by atoms with van der Waals surface area (Å²) in [6.45, 7) is 6.23. The zero-order chi connectivity index (χ0) is 47.4. The van der Waals surface area contributed by atoms with Crippen LogP contribution in [-0.2, 0) is 14.3 Å². The first-order valence-corrected chi connectivity index (χ1v) is 27.0. The highest BCUT2D eigenvalue weighted by atomic mass is 16.5. The van der Waals surface area contributed by atoms with Crippen LogP contribution in [-0.4, -0.2) is 46.9 Å². The maximum Gasteiger partial charge on any atom is 0.306 e. The average molecular weight is 904 g/mol. The van der Waals surface area contributed by atoms with Gasteiger partial charge in [-0.1, -0.05) is 240 Å². The number of carbonyl (C=O) groups excluding carboxylic acids is 2. The zero-order valence-corrected chi connectivity index (χ0v) is 42.3. The Bertz CT molecular complexity index is 1290. The quantitative estimate of drug-likeness (QED) is 0.0321. The lowest BCUT2D eigenvalue weighted by molar-refractivity contribution is -0.150. The first kappa shape index (κ1) is 61.8. The second-order valence-electron chi connectivity index (χ2n) is 17.9. The van der Waals surface area contributed by atoms with Gasteiger partial charge in [-0.25, -0.2) is 0 Å². The molecule has 3 atom stereocenters. The molecule has 0 aliphatic heterocycles. The van der Waals surface area contributed by atoms with Gasteiger partial charge in [-0.15, -0.1) is 0 Å². The van der Waals surface area contributed by atoms with Gasteiger partial charge in [0.15, 0.2) is 0 Å². The molecule has 0 aromatic heterocycles. The number of hydrogen-bond acceptors (Lipinski definition) is 5. The van der Waals surface area contributed by atoms with Crippen molar-refractivity contribution in [3.05, 3.63) is 97.2 Å². The van der Waals surface area contributed by atoms with Gasteiger partial charge in [0.1, 0.15) is 6.10 Å². The molecule has 0 bridgehead atoms. The summed E-state index contributed by atoms with van der Waals surface area (Å²) in [5, 5.41) is 23.8. The number of allylic oxidation sites excluding steroid dienone is 15. The SMILES string of the molecule is CC/C=C\C/C=C\C/C=C\C/C=C\C/C=C\CC(CC(=O)NC(CO)C(O)CCCCCCCCCCCCCCCCC)OC(=O)CCCCCCCC/C=C/C/C=C/C/C=C/CC. The predicted molar refractivity (Wildman–Crippen MR) is 282 cm³/mol. The van der Waals surface area contributed by atoms with Crippen LogP contribution in [0.2, 0.25) is 0 Å². The third-order valence-electron chi connectivity index (χ3n) is 11.7. The Morgan fingerprint density at radius 2 is 0.862 bits per heavy atom. The van der Waals surface area contributed by atoms with Crippen molar-refractivity contribution in [2.75, 3.05) is 6.61 Å². The van der Waals surface area contributed by atoms with Crippen molar-refractivity contribution < 1.29 is 24.5 Å². The molecule has 3 N–H and O–H groups in total. The average Bonchev–Trinajstić information content (AvgIpc) is 3.30. The molecule has 1 amide bonds. The second-order valence-corrected chi connectivity index (χ2v) is 17.9. The van der Waals surface area contributed by atoms with Gasteiger partial charge in [0, 0.05) is 12.8 Å². The summed E-state index contributed by atoms with van der Waals surface area (Å²) in [4.78, 5) is 26.2. The van der Waals surface area contributed by atoms with E-state index in [1.54, 1.807) is 0 Å². The number of ether oxygens (including phenoxy) is 1. The molecule has 0 saturated carbocycles. The molecule has 6 heteroatoms. The molecule has 0 radical (unpaired) electrons. The van der Waals surface area contributed by atoms with Crippen LogP contribution in [0.3, 0.4) is 0 Å². The molecule has 0 aliphatic rings. The minimum absolute atomic E-state index is 0.0106. The van der Waals surface area contributed by atoms with Gasteiger partial charge in [-0.3, -0.25) is 9.59 Å². The second kappa shape index (κ2) is 51.8. The van der Waals surface area contributed by atoms with Gasteiger partial charge in [0.05, 0.1) is 25.2 Å². The van der Waals surface area contributed by atoms with Crippen molar-refractivity contribution in [2.45, 2.75) is 257 Å². The maximum atomic E-state index is 13.2. The molecule has 0 rings (SSSR count). The van der Waals surface area contributed by atoms with Crippen molar-refractivity contribution in [1.82, 2.24) is 5.32 Å². The maximum absolute atomic E-state index is 13.2. The summed E-state index contributed by atoms with van der Waals surface area (Å²) in [6, 6.07) is -0.740. The van der Waals surface area contributed by atoms with E-state index in [2.05, 4.69) is 111 Å². The van der Waals surface area contributed by atoms with Crippen LogP contribution in [0.25, 0.3) is 0 Å². The highest BCUT2D eigenvalue weighted by Gasteiger charge is 2.23. The Kier molecular flexibility index (Phi) is 49.2. The van der Waals surface area contributed by atoms with E-state index in [9.17, 15) is 19.8 Å². The van der Waals surface area contributed by atoms with Gasteiger partial charge >= 0.3 is 5.97 Å². The molecular weight excluding hydrogens is 803 g/mol. The van der Waals surface area contributed by atoms with Crippen LogP contribution < -0.4 is 5.32 Å². The lowest BCUT2D eigenvalue weighted by Gasteiger charge is -2.24. The summed E-state index contributed by atoms with van der Waals surface area (Å²) >= 11 is 0. The molecule has 0 saturated heterocycles. The Labute approximate surface area is 401 Å². The van der Waals surface area contributed by atoms with Crippen LogP contribution in [0, 0.1) is 0 Å². The van der Waals surface area contributed by atoms with Gasteiger partial charge in [0.25, 0.3) is 0 Å². The van der Waals surface area contributed by atoms with Crippen molar-refractivity contribution in [2.24, 2.45) is 0 Å². The molecule has 0 aliphatic carbocycles. The molecule has 372 valence electrons. The van der Waals surface area contributed by atoms with E-state index in [1.807, 2.05) is 12.2 Å². The number of nitrogens with one attached hydrogen (secondary N) is 1. The number of aliphatic hydroxyl groups excluding tert-OH is 2. The molecule has 6 nitrogen and oxygen atoms in total. The summed E-state index contributed by atoms with van der Waals surface area (Å²) in [5.74, 6) is -0.599. The molecule has 3 unspecified atom stereocenters. The van der Waals surface area contributed by atoms with E-state index in [1.165, 1.54) is 89.9 Å². The Morgan fingerprint density at radius 3 is 1.31 bits per heavy atom. The first-order valence-electron chi connectivity index (χ1n) is 27.0. The highest BCUT2D eigenvalue weighted by Crippen LogP contribution is 2.16. The van der Waals surface area contributed by atoms with Gasteiger partial charge < -0.3 is 20.3 Å². The number of esters is 1. The van der Waals surface area contributed by atoms with Crippen molar-refractivity contribution in [3.8, 4) is 0 Å². The summed E-state index contributed by atoms with van der Waals surface area (Å²) in [6.07, 6.45) is 69.1. The Balaban J connectivity index is 4.72. The number of carbonyl (C=O) groups is 2. The van der Waals surface area contributed by atoms with Gasteiger partial charge in [-0.2, -0.15) is 0 Å². The fourth-order valence-electron chi connectivity index (χ4n) is 7.64. The molecule has 65 heavy (non-hydrogen) atoms. The monoisotopic (exact) mass is 904 g/mol. The Hall–Kier alpha value is -3.22. The number of rotatable bonds is 47. The summed E-state index contributed by atoms with van der Waals surface area (Å²) in [5.41, 5.74) is 0. The fourth-order valence-corrected chi connectivity index (χ4v) is 7.64. The molecule has 0 spiro atoms. The van der Waals surface area contributed by atoms with Crippen LogP contribution in [0.1, 0.15) is 239 Å². The molecule has 0 aromatic rings. The predicted octanol–water partition coefficient (Wildman–Crippen LogP) is 16.5. The van der Waals surface area contributed by atoms with E-state index in [-0.39, 0.29) is 24.9 Å². The van der Waals surface area contributed by atoms with E-state index in [0.29, 0.717) is 19.3 Å². The lowest BCUT2D eigenvalue weighted by Crippen LogP contribution is -2.46. The standard InChI is InChI=1S/C59H101NO5/c1-4-7-10-13-16-19-22-25-28-31-34-37-40-43-46-49-52-59(64)65-55(50-47-44-41-38-35-32-29-26-23-20-17-14-11-8-5-2)53-58(63)60-56(54-61)57(62)51-48-45-42-39-36-33-30-27-24-21-18-15-12-9-6-3/h7-8,10-11,16-17,19-20,25-26,28-29,35,38,44,47,55-57,61-62H,4-6,9,12-15,18,21-24,27,30-34,36-37,39-43,45-46,48-54H2,1-3H3,(H,60,63)/b10-7+,11-8-,19-16+,20-17-,28-25+,29-26-,38-35-,47-44-. The minimum atomic E-state index is -0.820. The fraction of sp³-hybridized carbons (Fsp3) is 0.695. The minimum Gasteiger partial charge on any atom is -0.461 e. The molecule has 0 aromatic carbocycles. The number of unbranched alkanes of at least 4 members (excludes halogenated alkanes) is 20. The molecule has 0 fully saturated rings. The lowest BCUT2D eigenvalue weighted by atomic mass is 10.0. The van der Waals surface area contributed by atoms with Gasteiger partial charge in [0.2, 0.25) is 5.91 Å². The van der Waals surface area contributed by atoms with Crippen LogP contribution in [0.4, 0.5) is 0 Å². The van der Waals surface area contributed by atoms with E-state index >= 15 is 0 Å². The van der Waals surface area contributed by atoms with Crippen LogP contribution in [0.5, 0.6) is 0 Å². The summed E-state index contributed by atoms with van der Waals surface area (Å²) in [7, 11) is 0.